The van der Waals surface area contributed by atoms with Gasteiger partial charge in [-0.05, 0) is 76.2 Å². The van der Waals surface area contributed by atoms with E-state index in [-0.39, 0.29) is 11.8 Å². The molecule has 2 aliphatic heterocycles. The molecule has 35 heavy (non-hydrogen) atoms. The molecule has 2 amide bonds. The third kappa shape index (κ3) is 6.72. The Hall–Kier alpha value is -3.13. The van der Waals surface area contributed by atoms with Crippen LogP contribution in [0.2, 0.25) is 0 Å². The van der Waals surface area contributed by atoms with E-state index in [4.69, 9.17) is 0 Å². The molecule has 1 aromatic carbocycles. The third-order valence-electron chi connectivity index (χ3n) is 6.65. The third-order valence-corrected chi connectivity index (χ3v) is 6.65. The van der Waals surface area contributed by atoms with Crippen LogP contribution in [0, 0.1) is 0 Å². The molecule has 3 heterocycles. The molecule has 4 rings (SSSR count). The van der Waals surface area contributed by atoms with Crippen LogP contribution in [0.15, 0.2) is 42.6 Å². The van der Waals surface area contributed by atoms with Gasteiger partial charge in [0.2, 0.25) is 0 Å². The molecule has 0 bridgehead atoms. The van der Waals surface area contributed by atoms with Crippen LogP contribution >= 0.6 is 0 Å². The fraction of sp³-hybridized carbons (Fsp3) is 0.519. The molecule has 2 saturated heterocycles. The number of pyridine rings is 1. The minimum atomic E-state index is -0.0872. The summed E-state index contributed by atoms with van der Waals surface area (Å²) < 4.78 is 0. The van der Waals surface area contributed by atoms with E-state index in [1.807, 2.05) is 23.2 Å². The first-order valence-electron chi connectivity index (χ1n) is 12.9. The topological polar surface area (TPSA) is 80.8 Å². The van der Waals surface area contributed by atoms with E-state index in [9.17, 15) is 9.59 Å². The molecular formula is C27H38N6O2. The van der Waals surface area contributed by atoms with Gasteiger partial charge in [0, 0.05) is 62.6 Å². The summed E-state index contributed by atoms with van der Waals surface area (Å²) in [5, 5.41) is 6.46. The number of carbonyl (C=O) groups is 2. The van der Waals surface area contributed by atoms with E-state index in [0.29, 0.717) is 36.8 Å². The second kappa shape index (κ2) is 12.0. The quantitative estimate of drug-likeness (QED) is 0.607. The van der Waals surface area contributed by atoms with Gasteiger partial charge in [0.25, 0.3) is 11.8 Å². The second-order valence-corrected chi connectivity index (χ2v) is 9.69. The standard InChI is InChI=1S/C27H38N6O2/c1-21(2)30-24-7-6-12-28-25(24)32-17-19-33(20-18-32)27(35)23-10-8-22(9-11-23)26(34)29-13-16-31-14-4-3-5-15-31/h6-12,21,30H,3-5,13-20H2,1-2H3,(H,29,34). The highest BCUT2D eigenvalue weighted by Gasteiger charge is 2.24. The zero-order chi connectivity index (χ0) is 24.6. The predicted octanol–water partition coefficient (Wildman–Crippen LogP) is 3.08. The normalized spacial score (nSPS) is 16.9. The van der Waals surface area contributed by atoms with Crippen LogP contribution in [0.3, 0.4) is 0 Å². The number of piperazine rings is 1. The first-order chi connectivity index (χ1) is 17.0. The number of benzene rings is 1. The lowest BCUT2D eigenvalue weighted by atomic mass is 10.1. The molecule has 0 saturated carbocycles. The molecule has 188 valence electrons. The Morgan fingerprint density at radius 3 is 2.29 bits per heavy atom. The van der Waals surface area contributed by atoms with Crippen molar-refractivity contribution in [3.63, 3.8) is 0 Å². The van der Waals surface area contributed by atoms with Crippen molar-refractivity contribution < 1.29 is 9.59 Å². The maximum atomic E-state index is 13.1. The highest BCUT2D eigenvalue weighted by Crippen LogP contribution is 2.25. The van der Waals surface area contributed by atoms with E-state index in [1.54, 1.807) is 24.3 Å². The van der Waals surface area contributed by atoms with Crippen molar-refractivity contribution in [3.05, 3.63) is 53.7 Å². The minimum Gasteiger partial charge on any atom is -0.380 e. The van der Waals surface area contributed by atoms with Gasteiger partial charge in [-0.2, -0.15) is 0 Å². The first kappa shape index (κ1) is 25.0. The zero-order valence-electron chi connectivity index (χ0n) is 21.0. The monoisotopic (exact) mass is 478 g/mol. The van der Waals surface area contributed by atoms with Gasteiger partial charge >= 0.3 is 0 Å². The minimum absolute atomic E-state index is 0.00302. The van der Waals surface area contributed by atoms with Gasteiger partial charge in [0.1, 0.15) is 0 Å². The summed E-state index contributed by atoms with van der Waals surface area (Å²) in [5.41, 5.74) is 2.22. The highest BCUT2D eigenvalue weighted by molar-refractivity contribution is 5.98. The van der Waals surface area contributed by atoms with Crippen molar-refractivity contribution in [2.45, 2.75) is 39.2 Å². The predicted molar refractivity (Wildman–Crippen MR) is 140 cm³/mol. The summed E-state index contributed by atoms with van der Waals surface area (Å²) in [6.45, 7) is 10.7. The zero-order valence-corrected chi connectivity index (χ0v) is 21.0. The molecule has 8 nitrogen and oxygen atoms in total. The lowest BCUT2D eigenvalue weighted by molar-refractivity contribution is 0.0746. The van der Waals surface area contributed by atoms with Crippen LogP contribution in [-0.2, 0) is 0 Å². The van der Waals surface area contributed by atoms with E-state index in [2.05, 4.69) is 39.3 Å². The second-order valence-electron chi connectivity index (χ2n) is 9.69. The van der Waals surface area contributed by atoms with E-state index in [0.717, 1.165) is 44.2 Å². The van der Waals surface area contributed by atoms with Crippen molar-refractivity contribution in [2.75, 3.05) is 62.6 Å². The van der Waals surface area contributed by atoms with Crippen molar-refractivity contribution in [1.82, 2.24) is 20.1 Å². The molecule has 0 radical (unpaired) electrons. The first-order valence-corrected chi connectivity index (χ1v) is 12.9. The number of amides is 2. The van der Waals surface area contributed by atoms with Crippen LogP contribution < -0.4 is 15.5 Å². The van der Waals surface area contributed by atoms with Gasteiger partial charge in [-0.3, -0.25) is 9.59 Å². The van der Waals surface area contributed by atoms with Gasteiger partial charge in [0.05, 0.1) is 5.69 Å². The summed E-state index contributed by atoms with van der Waals surface area (Å²) in [6, 6.07) is 11.3. The average Bonchev–Trinajstić information content (AvgIpc) is 2.89. The van der Waals surface area contributed by atoms with E-state index in [1.165, 1.54) is 19.3 Å². The van der Waals surface area contributed by atoms with Gasteiger partial charge in [-0.15, -0.1) is 0 Å². The Labute approximate surface area is 208 Å². The molecule has 0 spiro atoms. The number of hydrogen-bond acceptors (Lipinski definition) is 6. The SMILES string of the molecule is CC(C)Nc1cccnc1N1CCN(C(=O)c2ccc(C(=O)NCCN3CCCCC3)cc2)CC1. The number of likely N-dealkylation sites (tertiary alicyclic amines) is 1. The van der Waals surface area contributed by atoms with Crippen molar-refractivity contribution >= 4 is 23.3 Å². The maximum absolute atomic E-state index is 13.1. The summed E-state index contributed by atoms with van der Waals surface area (Å²) in [7, 11) is 0. The van der Waals surface area contributed by atoms with Crippen LogP contribution in [0.1, 0.15) is 53.8 Å². The fourth-order valence-electron chi connectivity index (χ4n) is 4.75. The molecule has 2 fully saturated rings. The molecule has 0 aliphatic carbocycles. The van der Waals surface area contributed by atoms with Gasteiger partial charge < -0.3 is 25.3 Å². The van der Waals surface area contributed by atoms with Crippen molar-refractivity contribution in [3.8, 4) is 0 Å². The maximum Gasteiger partial charge on any atom is 0.253 e. The van der Waals surface area contributed by atoms with Crippen molar-refractivity contribution in [1.29, 1.82) is 0 Å². The Bertz CT molecular complexity index is 979. The molecule has 0 unspecified atom stereocenters. The molecule has 0 atom stereocenters. The summed E-state index contributed by atoms with van der Waals surface area (Å²) >= 11 is 0. The Morgan fingerprint density at radius 2 is 1.60 bits per heavy atom. The summed E-state index contributed by atoms with van der Waals surface area (Å²) in [4.78, 5) is 36.6. The fourth-order valence-corrected chi connectivity index (χ4v) is 4.75. The molecule has 2 aromatic rings. The number of anilines is 2. The number of aromatic nitrogens is 1. The van der Waals surface area contributed by atoms with Crippen LogP contribution in [-0.4, -0.2) is 85.0 Å². The van der Waals surface area contributed by atoms with Gasteiger partial charge in [-0.1, -0.05) is 6.42 Å². The number of nitrogens with zero attached hydrogens (tertiary/aromatic N) is 4. The summed E-state index contributed by atoms with van der Waals surface area (Å²) in [6.07, 6.45) is 5.62. The average molecular weight is 479 g/mol. The highest BCUT2D eigenvalue weighted by atomic mass is 16.2. The molecule has 2 aliphatic rings. The smallest absolute Gasteiger partial charge is 0.253 e. The Morgan fingerprint density at radius 1 is 0.914 bits per heavy atom. The van der Waals surface area contributed by atoms with E-state index < -0.39 is 0 Å². The molecule has 2 N–H and O–H groups in total. The largest absolute Gasteiger partial charge is 0.380 e. The molecule has 8 heteroatoms. The Kier molecular flexibility index (Phi) is 8.58. The molecule has 1 aromatic heterocycles. The van der Waals surface area contributed by atoms with Gasteiger partial charge in [-0.25, -0.2) is 4.98 Å². The van der Waals surface area contributed by atoms with Gasteiger partial charge in [0.15, 0.2) is 5.82 Å². The summed E-state index contributed by atoms with van der Waals surface area (Å²) in [5.74, 6) is 0.850. The number of hydrogen-bond donors (Lipinski definition) is 2. The number of nitrogens with one attached hydrogen (secondary N) is 2. The number of carbonyl (C=O) groups excluding carboxylic acids is 2. The van der Waals surface area contributed by atoms with Crippen LogP contribution in [0.4, 0.5) is 11.5 Å². The van der Waals surface area contributed by atoms with Crippen LogP contribution in [0.25, 0.3) is 0 Å². The van der Waals surface area contributed by atoms with Crippen LogP contribution in [0.5, 0.6) is 0 Å². The Balaban J connectivity index is 1.27. The van der Waals surface area contributed by atoms with E-state index >= 15 is 0 Å². The lowest BCUT2D eigenvalue weighted by Crippen LogP contribution is -2.49. The molecular weight excluding hydrogens is 440 g/mol. The lowest BCUT2D eigenvalue weighted by Gasteiger charge is -2.36. The number of piperidine rings is 1. The number of rotatable bonds is 8. The van der Waals surface area contributed by atoms with Crippen molar-refractivity contribution in [2.24, 2.45) is 0 Å².